The van der Waals surface area contributed by atoms with Gasteiger partial charge in [-0.15, -0.1) is 0 Å². The van der Waals surface area contributed by atoms with Gasteiger partial charge >= 0.3 is 0 Å². The molecule has 0 saturated carbocycles. The maximum Gasteiger partial charge on any atom is 0.254 e. The maximum absolute atomic E-state index is 13.8. The number of rotatable bonds is 5. The van der Waals surface area contributed by atoms with Gasteiger partial charge in [0.1, 0.15) is 11.9 Å². The molecule has 3 aromatic rings. The van der Waals surface area contributed by atoms with Crippen molar-refractivity contribution in [3.05, 3.63) is 95.1 Å². The minimum atomic E-state index is -0.725. The molecule has 2 aromatic carbocycles. The first-order valence-corrected chi connectivity index (χ1v) is 10.7. The lowest BCUT2D eigenvalue weighted by atomic mass is 9.79. The highest BCUT2D eigenvalue weighted by molar-refractivity contribution is 6.04. The Bertz CT molecular complexity index is 1240. The van der Waals surface area contributed by atoms with Crippen LogP contribution in [0.3, 0.4) is 0 Å². The molecule has 1 aliphatic heterocycles. The van der Waals surface area contributed by atoms with Crippen LogP contribution < -0.4 is 5.32 Å². The Balaban J connectivity index is 1.83. The lowest BCUT2D eigenvalue weighted by molar-refractivity contribution is -0.119. The molecule has 7 heteroatoms. The largest absolute Gasteiger partial charge is 0.330 e. The number of fused-ring (bicyclic) bond motifs is 1. The van der Waals surface area contributed by atoms with Gasteiger partial charge < -0.3 is 10.2 Å². The van der Waals surface area contributed by atoms with E-state index < -0.39 is 17.8 Å². The molecule has 6 nitrogen and oxygen atoms in total. The third-order valence-corrected chi connectivity index (χ3v) is 5.66. The highest BCUT2D eigenvalue weighted by Crippen LogP contribution is 2.43. The Morgan fingerprint density at radius 3 is 2.70 bits per heavy atom. The van der Waals surface area contributed by atoms with E-state index in [0.29, 0.717) is 23.4 Å². The zero-order chi connectivity index (χ0) is 23.5. The van der Waals surface area contributed by atoms with Gasteiger partial charge in [-0.2, -0.15) is 5.26 Å². The predicted molar refractivity (Wildman–Crippen MR) is 122 cm³/mol. The second-order valence-corrected chi connectivity index (χ2v) is 8.44. The number of halogens is 1. The van der Waals surface area contributed by atoms with Crippen molar-refractivity contribution < 1.29 is 14.0 Å². The van der Waals surface area contributed by atoms with E-state index in [4.69, 9.17) is 5.26 Å². The molecule has 4 rings (SSSR count). The molecule has 0 radical (unpaired) electrons. The van der Waals surface area contributed by atoms with E-state index in [0.717, 1.165) is 11.6 Å². The smallest absolute Gasteiger partial charge is 0.254 e. The first kappa shape index (κ1) is 22.2. The summed E-state index contributed by atoms with van der Waals surface area (Å²) in [6.45, 7) is 4.50. The van der Waals surface area contributed by atoms with E-state index in [1.54, 1.807) is 53.7 Å². The molecule has 0 fully saturated rings. The summed E-state index contributed by atoms with van der Waals surface area (Å²) in [6, 6.07) is 15.8. The molecule has 2 amide bonds. The second kappa shape index (κ2) is 9.21. The zero-order valence-corrected chi connectivity index (χ0v) is 18.3. The monoisotopic (exact) mass is 442 g/mol. The fraction of sp³-hybridized carbons (Fsp3) is 0.231. The first-order valence-electron chi connectivity index (χ1n) is 10.7. The Morgan fingerprint density at radius 1 is 1.21 bits per heavy atom. The van der Waals surface area contributed by atoms with E-state index >= 15 is 0 Å². The molecule has 2 atom stereocenters. The number of hydrogen-bond donors (Lipinski definition) is 1. The van der Waals surface area contributed by atoms with Crippen molar-refractivity contribution >= 4 is 17.5 Å². The van der Waals surface area contributed by atoms with Crippen LogP contribution in [0.1, 0.15) is 52.9 Å². The molecule has 0 unspecified atom stereocenters. The van der Waals surface area contributed by atoms with Gasteiger partial charge in [-0.05, 0) is 47.4 Å². The number of anilines is 1. The SMILES string of the molecule is CC(C)CN1C(=O)c2ccccc2[C@@H](C(=O)Nc2ccc(F)c(C#N)c2)[C@@H]1c1cccnc1. The molecule has 0 aliphatic carbocycles. The van der Waals surface area contributed by atoms with Crippen LogP contribution >= 0.6 is 0 Å². The third-order valence-electron chi connectivity index (χ3n) is 5.66. The maximum atomic E-state index is 13.8. The Kier molecular flexibility index (Phi) is 6.18. The van der Waals surface area contributed by atoms with Crippen LogP contribution in [-0.4, -0.2) is 28.2 Å². The zero-order valence-electron chi connectivity index (χ0n) is 18.3. The van der Waals surface area contributed by atoms with Crippen LogP contribution in [0, 0.1) is 23.1 Å². The van der Waals surface area contributed by atoms with Crippen molar-refractivity contribution in [3.8, 4) is 6.07 Å². The number of hydrogen-bond acceptors (Lipinski definition) is 4. The molecule has 0 bridgehead atoms. The first-order chi connectivity index (χ1) is 15.9. The number of aromatic nitrogens is 1. The third kappa shape index (κ3) is 4.33. The molecule has 0 spiro atoms. The van der Waals surface area contributed by atoms with E-state index in [1.165, 1.54) is 12.1 Å². The lowest BCUT2D eigenvalue weighted by Crippen LogP contribution is -2.47. The Labute approximate surface area is 191 Å². The van der Waals surface area contributed by atoms with Gasteiger partial charge in [-0.25, -0.2) is 4.39 Å². The van der Waals surface area contributed by atoms with Gasteiger partial charge in [0.15, 0.2) is 0 Å². The standard InChI is InChI=1S/C26H23FN4O2/c1-16(2)15-31-24(17-6-5-11-29-14-17)23(20-7-3-4-8-21(20)26(31)33)25(32)30-19-9-10-22(27)18(12-19)13-28/h3-12,14,16,23-24H,15H2,1-2H3,(H,30,32)/t23-,24+/m1/s1. The van der Waals surface area contributed by atoms with Crippen molar-refractivity contribution in [3.63, 3.8) is 0 Å². The number of amides is 2. The molecule has 2 heterocycles. The van der Waals surface area contributed by atoms with Crippen LogP contribution in [-0.2, 0) is 4.79 Å². The lowest BCUT2D eigenvalue weighted by Gasteiger charge is -2.42. The summed E-state index contributed by atoms with van der Waals surface area (Å²) >= 11 is 0. The van der Waals surface area contributed by atoms with Crippen LogP contribution in [0.5, 0.6) is 0 Å². The van der Waals surface area contributed by atoms with Gasteiger partial charge in [0.05, 0.1) is 17.5 Å². The minimum Gasteiger partial charge on any atom is -0.330 e. The predicted octanol–water partition coefficient (Wildman–Crippen LogP) is 4.67. The molecule has 1 aliphatic rings. The Morgan fingerprint density at radius 2 is 2.00 bits per heavy atom. The van der Waals surface area contributed by atoms with Crippen molar-refractivity contribution in [1.29, 1.82) is 5.26 Å². The summed E-state index contributed by atoms with van der Waals surface area (Å²) in [5.74, 6) is -1.69. The number of carbonyl (C=O) groups is 2. The number of nitrogens with one attached hydrogen (secondary N) is 1. The van der Waals surface area contributed by atoms with E-state index in [9.17, 15) is 14.0 Å². The van der Waals surface area contributed by atoms with E-state index in [2.05, 4.69) is 10.3 Å². The van der Waals surface area contributed by atoms with E-state index in [-0.39, 0.29) is 23.3 Å². The summed E-state index contributed by atoms with van der Waals surface area (Å²) in [5, 5.41) is 12.0. The average Bonchev–Trinajstić information content (AvgIpc) is 2.82. The number of benzene rings is 2. The Hall–Kier alpha value is -4.05. The number of carbonyl (C=O) groups excluding carboxylic acids is 2. The molecular formula is C26H23FN4O2. The number of pyridine rings is 1. The highest BCUT2D eigenvalue weighted by atomic mass is 19.1. The number of nitriles is 1. The molecule has 166 valence electrons. The van der Waals surface area contributed by atoms with Crippen LogP contribution in [0.15, 0.2) is 67.0 Å². The highest BCUT2D eigenvalue weighted by Gasteiger charge is 2.44. The van der Waals surface area contributed by atoms with Crippen LogP contribution in [0.25, 0.3) is 0 Å². The summed E-state index contributed by atoms with van der Waals surface area (Å²) in [5.41, 5.74) is 2.01. The van der Waals surface area contributed by atoms with Crippen molar-refractivity contribution in [2.45, 2.75) is 25.8 Å². The van der Waals surface area contributed by atoms with Gasteiger partial charge in [0.2, 0.25) is 5.91 Å². The summed E-state index contributed by atoms with van der Waals surface area (Å²) in [4.78, 5) is 33.1. The minimum absolute atomic E-state index is 0.134. The van der Waals surface area contributed by atoms with Gasteiger partial charge in [-0.3, -0.25) is 14.6 Å². The van der Waals surface area contributed by atoms with Crippen molar-refractivity contribution in [2.24, 2.45) is 5.92 Å². The quantitative estimate of drug-likeness (QED) is 0.622. The summed E-state index contributed by atoms with van der Waals surface area (Å²) in [7, 11) is 0. The molecule has 1 aromatic heterocycles. The van der Waals surface area contributed by atoms with Crippen molar-refractivity contribution in [1.82, 2.24) is 9.88 Å². The molecule has 1 N–H and O–H groups in total. The van der Waals surface area contributed by atoms with Crippen LogP contribution in [0.2, 0.25) is 0 Å². The summed E-state index contributed by atoms with van der Waals surface area (Å²) in [6.07, 6.45) is 3.32. The fourth-order valence-corrected chi connectivity index (χ4v) is 4.30. The summed E-state index contributed by atoms with van der Waals surface area (Å²) < 4.78 is 13.8. The average molecular weight is 442 g/mol. The normalized spacial score (nSPS) is 17.4. The van der Waals surface area contributed by atoms with Gasteiger partial charge in [0.25, 0.3) is 5.91 Å². The molecule has 33 heavy (non-hydrogen) atoms. The van der Waals surface area contributed by atoms with Gasteiger partial charge in [0, 0.05) is 30.2 Å². The number of nitrogens with zero attached hydrogens (tertiary/aromatic N) is 3. The topological polar surface area (TPSA) is 86.1 Å². The second-order valence-electron chi connectivity index (χ2n) is 8.44. The van der Waals surface area contributed by atoms with Crippen LogP contribution in [0.4, 0.5) is 10.1 Å². The van der Waals surface area contributed by atoms with Gasteiger partial charge in [-0.1, -0.05) is 38.1 Å². The fourth-order valence-electron chi connectivity index (χ4n) is 4.30. The molecular weight excluding hydrogens is 419 g/mol. The van der Waals surface area contributed by atoms with Crippen molar-refractivity contribution in [2.75, 3.05) is 11.9 Å². The molecule has 0 saturated heterocycles. The van der Waals surface area contributed by atoms with E-state index in [1.807, 2.05) is 19.9 Å².